The molecule has 1 aliphatic rings. The van der Waals surface area contributed by atoms with Crippen LogP contribution in [-0.2, 0) is 16.1 Å². The molecule has 1 aromatic heterocycles. The number of rotatable bonds is 2. The molecule has 3 heteroatoms. The van der Waals surface area contributed by atoms with Gasteiger partial charge in [0, 0.05) is 18.4 Å². The molecule has 0 amide bonds. The quantitative estimate of drug-likeness (QED) is 0.697. The summed E-state index contributed by atoms with van der Waals surface area (Å²) < 4.78 is 7.29. The summed E-state index contributed by atoms with van der Waals surface area (Å²) in [7, 11) is 0. The monoisotopic (exact) mass is 207 g/mol. The Hall–Kier alpha value is -1.25. The van der Waals surface area contributed by atoms with E-state index in [0.717, 1.165) is 31.5 Å². The first-order valence-corrected chi connectivity index (χ1v) is 5.64. The summed E-state index contributed by atoms with van der Waals surface area (Å²) in [5.41, 5.74) is 1.12. The molecule has 1 unspecified atom stereocenters. The zero-order valence-electron chi connectivity index (χ0n) is 9.11. The van der Waals surface area contributed by atoms with Gasteiger partial charge in [0.15, 0.2) is 0 Å². The van der Waals surface area contributed by atoms with Crippen LogP contribution in [0.1, 0.15) is 37.8 Å². The molecule has 0 radical (unpaired) electrons. The van der Waals surface area contributed by atoms with E-state index in [4.69, 9.17) is 4.74 Å². The van der Waals surface area contributed by atoms with Gasteiger partial charge in [0.1, 0.15) is 0 Å². The second kappa shape index (κ2) is 4.51. The van der Waals surface area contributed by atoms with E-state index in [1.807, 2.05) is 25.3 Å². The van der Waals surface area contributed by atoms with E-state index < -0.39 is 0 Å². The van der Waals surface area contributed by atoms with Crippen molar-refractivity contribution in [2.75, 3.05) is 6.61 Å². The van der Waals surface area contributed by atoms with Gasteiger partial charge in [0.2, 0.25) is 0 Å². The smallest absolute Gasteiger partial charge is 0.314 e. The predicted octanol–water partition coefficient (Wildman–Crippen LogP) is 2.32. The van der Waals surface area contributed by atoms with Crippen LogP contribution in [-0.4, -0.2) is 17.1 Å². The van der Waals surface area contributed by atoms with Gasteiger partial charge in [-0.1, -0.05) is 6.42 Å². The highest BCUT2D eigenvalue weighted by Gasteiger charge is 2.25. The molecule has 1 aromatic rings. The minimum atomic E-state index is -0.0700. The van der Waals surface area contributed by atoms with Crippen molar-refractivity contribution in [3.05, 3.63) is 24.0 Å². The van der Waals surface area contributed by atoms with Gasteiger partial charge in [-0.2, -0.15) is 0 Å². The molecule has 0 bridgehead atoms. The molecule has 2 rings (SSSR count). The first-order chi connectivity index (χ1) is 7.33. The van der Waals surface area contributed by atoms with E-state index in [2.05, 4.69) is 4.57 Å². The summed E-state index contributed by atoms with van der Waals surface area (Å²) in [5.74, 6) is -0.123. The molecule has 0 fully saturated rings. The lowest BCUT2D eigenvalue weighted by molar-refractivity contribution is -0.145. The van der Waals surface area contributed by atoms with Crippen molar-refractivity contribution in [2.24, 2.45) is 0 Å². The van der Waals surface area contributed by atoms with Crippen molar-refractivity contribution < 1.29 is 9.53 Å². The van der Waals surface area contributed by atoms with E-state index in [1.54, 1.807) is 0 Å². The summed E-state index contributed by atoms with van der Waals surface area (Å²) in [4.78, 5) is 11.8. The average molecular weight is 207 g/mol. The van der Waals surface area contributed by atoms with Crippen LogP contribution >= 0.6 is 0 Å². The fourth-order valence-corrected chi connectivity index (χ4v) is 2.21. The highest BCUT2D eigenvalue weighted by atomic mass is 16.5. The lowest BCUT2D eigenvalue weighted by Crippen LogP contribution is -2.17. The number of aryl methyl sites for hydroxylation is 1. The van der Waals surface area contributed by atoms with Crippen LogP contribution in [0.3, 0.4) is 0 Å². The predicted molar refractivity (Wildman–Crippen MR) is 57.7 cm³/mol. The minimum absolute atomic E-state index is 0.0533. The second-order valence-corrected chi connectivity index (χ2v) is 3.93. The number of fused-ring (bicyclic) bond motifs is 1. The third-order valence-electron chi connectivity index (χ3n) is 2.93. The van der Waals surface area contributed by atoms with Crippen LogP contribution < -0.4 is 0 Å². The van der Waals surface area contributed by atoms with Crippen LogP contribution in [0, 0.1) is 0 Å². The Balaban J connectivity index is 2.22. The third-order valence-corrected chi connectivity index (χ3v) is 2.93. The maximum atomic E-state index is 11.8. The maximum absolute atomic E-state index is 11.8. The molecule has 3 nitrogen and oxygen atoms in total. The number of nitrogens with zero attached hydrogens (tertiary/aromatic N) is 1. The zero-order chi connectivity index (χ0) is 10.7. The molecule has 0 saturated heterocycles. The number of hydrogen-bond acceptors (Lipinski definition) is 2. The lowest BCUT2D eigenvalue weighted by Gasteiger charge is -2.14. The van der Waals surface area contributed by atoms with Gasteiger partial charge in [0.25, 0.3) is 0 Å². The highest BCUT2D eigenvalue weighted by molar-refractivity contribution is 5.77. The molecular formula is C12H17NO2. The molecule has 0 aliphatic carbocycles. The first kappa shape index (κ1) is 10.3. The lowest BCUT2D eigenvalue weighted by atomic mass is 10.00. The Morgan fingerprint density at radius 2 is 2.47 bits per heavy atom. The third kappa shape index (κ3) is 2.06. The molecule has 0 N–H and O–H groups in total. The molecule has 1 atom stereocenters. The van der Waals surface area contributed by atoms with Crippen LogP contribution in [0.15, 0.2) is 18.3 Å². The molecule has 2 heterocycles. The molecule has 1 aliphatic heterocycles. The summed E-state index contributed by atoms with van der Waals surface area (Å²) in [5, 5.41) is 0. The van der Waals surface area contributed by atoms with E-state index in [1.165, 1.54) is 0 Å². The Morgan fingerprint density at radius 1 is 1.60 bits per heavy atom. The zero-order valence-corrected chi connectivity index (χ0v) is 9.11. The normalized spacial score (nSPS) is 20.5. The molecule has 0 spiro atoms. The topological polar surface area (TPSA) is 31.2 Å². The van der Waals surface area contributed by atoms with Gasteiger partial charge in [-0.05, 0) is 31.9 Å². The van der Waals surface area contributed by atoms with Crippen molar-refractivity contribution in [1.82, 2.24) is 4.57 Å². The van der Waals surface area contributed by atoms with Gasteiger partial charge in [-0.25, -0.2) is 0 Å². The van der Waals surface area contributed by atoms with Crippen molar-refractivity contribution in [3.63, 3.8) is 0 Å². The maximum Gasteiger partial charge on any atom is 0.314 e. The minimum Gasteiger partial charge on any atom is -0.465 e. The first-order valence-electron chi connectivity index (χ1n) is 5.64. The van der Waals surface area contributed by atoms with Crippen molar-refractivity contribution in [1.29, 1.82) is 0 Å². The van der Waals surface area contributed by atoms with Gasteiger partial charge in [-0.15, -0.1) is 0 Å². The summed E-state index contributed by atoms with van der Waals surface area (Å²) in [6.07, 6.45) is 5.22. The molecule has 82 valence electrons. The van der Waals surface area contributed by atoms with E-state index in [-0.39, 0.29) is 11.9 Å². The molecule has 0 saturated carbocycles. The summed E-state index contributed by atoms with van der Waals surface area (Å²) in [6.45, 7) is 3.35. The van der Waals surface area contributed by atoms with Crippen LogP contribution in [0.4, 0.5) is 0 Å². The Bertz CT molecular complexity index is 343. The average Bonchev–Trinajstić information content (AvgIpc) is 2.58. The van der Waals surface area contributed by atoms with Gasteiger partial charge in [0.05, 0.1) is 12.5 Å². The largest absolute Gasteiger partial charge is 0.465 e. The van der Waals surface area contributed by atoms with Crippen LogP contribution in [0.2, 0.25) is 0 Å². The number of carbonyl (C=O) groups is 1. The second-order valence-electron chi connectivity index (χ2n) is 3.93. The molecular weight excluding hydrogens is 190 g/mol. The van der Waals surface area contributed by atoms with E-state index >= 15 is 0 Å². The van der Waals surface area contributed by atoms with Crippen molar-refractivity contribution in [2.45, 2.75) is 38.6 Å². The fraction of sp³-hybridized carbons (Fsp3) is 0.583. The SMILES string of the molecule is CCOC(=O)C1CCCCn2cccc21. The number of ether oxygens (including phenoxy) is 1. The number of carbonyl (C=O) groups excluding carboxylic acids is 1. The fourth-order valence-electron chi connectivity index (χ4n) is 2.21. The summed E-state index contributed by atoms with van der Waals surface area (Å²) in [6, 6.07) is 4.04. The van der Waals surface area contributed by atoms with Crippen LogP contribution in [0.5, 0.6) is 0 Å². The molecule has 0 aromatic carbocycles. The molecule has 15 heavy (non-hydrogen) atoms. The van der Waals surface area contributed by atoms with E-state index in [0.29, 0.717) is 6.61 Å². The van der Waals surface area contributed by atoms with Gasteiger partial charge >= 0.3 is 5.97 Å². The van der Waals surface area contributed by atoms with Gasteiger partial charge in [-0.3, -0.25) is 4.79 Å². The van der Waals surface area contributed by atoms with E-state index in [9.17, 15) is 4.79 Å². The number of aromatic nitrogens is 1. The van der Waals surface area contributed by atoms with Gasteiger partial charge < -0.3 is 9.30 Å². The Kier molecular flexibility index (Phi) is 3.09. The number of esters is 1. The summed E-state index contributed by atoms with van der Waals surface area (Å²) >= 11 is 0. The standard InChI is InChI=1S/C12H17NO2/c1-2-15-12(14)10-6-3-4-8-13-9-5-7-11(10)13/h5,7,9-10H,2-4,6,8H2,1H3. The Labute approximate surface area is 90.0 Å². The van der Waals surface area contributed by atoms with Crippen molar-refractivity contribution >= 4 is 5.97 Å². The Morgan fingerprint density at radius 3 is 3.27 bits per heavy atom. The number of hydrogen-bond donors (Lipinski definition) is 0. The van der Waals surface area contributed by atoms with Crippen LogP contribution in [0.25, 0.3) is 0 Å². The highest BCUT2D eigenvalue weighted by Crippen LogP contribution is 2.27. The van der Waals surface area contributed by atoms with Crippen molar-refractivity contribution in [3.8, 4) is 0 Å².